The van der Waals surface area contributed by atoms with Crippen LogP contribution < -0.4 is 0 Å². The van der Waals surface area contributed by atoms with E-state index in [0.29, 0.717) is 17.3 Å². The van der Waals surface area contributed by atoms with E-state index in [4.69, 9.17) is 4.74 Å². The van der Waals surface area contributed by atoms with Crippen LogP contribution in [0.5, 0.6) is 0 Å². The first-order valence-corrected chi connectivity index (χ1v) is 11.0. The van der Waals surface area contributed by atoms with Crippen LogP contribution in [0.4, 0.5) is 0 Å². The third-order valence-corrected chi connectivity index (χ3v) is 6.89. The predicted octanol–water partition coefficient (Wildman–Crippen LogP) is 6.72. The van der Waals surface area contributed by atoms with Gasteiger partial charge >= 0.3 is 0 Å². The van der Waals surface area contributed by atoms with Gasteiger partial charge in [-0.05, 0) is 68.1 Å². The molecule has 0 spiro atoms. The number of aliphatic imine (C=N–C) groups is 1. The fourth-order valence-corrected chi connectivity index (χ4v) is 5.34. The predicted molar refractivity (Wildman–Crippen MR) is 112 cm³/mol. The number of hydrogen-bond acceptors (Lipinski definition) is 2. The maximum absolute atomic E-state index is 6.44. The van der Waals surface area contributed by atoms with Gasteiger partial charge in [-0.2, -0.15) is 0 Å². The summed E-state index contributed by atoms with van der Waals surface area (Å²) < 4.78 is 6.44. The van der Waals surface area contributed by atoms with Crippen LogP contribution >= 0.6 is 0 Å². The summed E-state index contributed by atoms with van der Waals surface area (Å²) in [4.78, 5) is 4.33. The molecule has 2 unspecified atom stereocenters. The Morgan fingerprint density at radius 3 is 2.58 bits per heavy atom. The van der Waals surface area contributed by atoms with Gasteiger partial charge in [0.15, 0.2) is 0 Å². The lowest BCUT2D eigenvalue weighted by molar-refractivity contribution is -0.102. The van der Waals surface area contributed by atoms with Crippen LogP contribution in [0.3, 0.4) is 0 Å². The van der Waals surface area contributed by atoms with Gasteiger partial charge in [-0.15, -0.1) is 0 Å². The van der Waals surface area contributed by atoms with Crippen molar-refractivity contribution in [3.63, 3.8) is 0 Å². The zero-order valence-electron chi connectivity index (χ0n) is 17.5. The van der Waals surface area contributed by atoms with Crippen molar-refractivity contribution >= 4 is 6.72 Å². The standard InChI is InChI=1S/C24H39NO/c1-6-8-9-10-17-14-19(18-11-12-18)23-20(24(3,4)13-7-2)16-22(25-5)26-21(23)15-17/h14-15,18,20-23H,5-13,16H2,1-4H3/t20-,21?,22+,23?/m0/s1. The summed E-state index contributed by atoms with van der Waals surface area (Å²) in [6.07, 6.45) is 16.6. The molecule has 2 nitrogen and oxygen atoms in total. The highest BCUT2D eigenvalue weighted by Crippen LogP contribution is 2.54. The van der Waals surface area contributed by atoms with E-state index in [1.54, 1.807) is 5.57 Å². The number of hydrogen-bond donors (Lipinski definition) is 0. The van der Waals surface area contributed by atoms with Gasteiger partial charge in [0.1, 0.15) is 6.23 Å². The van der Waals surface area contributed by atoms with Crippen molar-refractivity contribution in [1.82, 2.24) is 0 Å². The Bertz CT molecular complexity index is 555. The van der Waals surface area contributed by atoms with Crippen LogP contribution in [-0.2, 0) is 4.74 Å². The third-order valence-electron chi connectivity index (χ3n) is 6.89. The molecule has 3 rings (SSSR count). The second-order valence-corrected chi connectivity index (χ2v) is 9.46. The average molecular weight is 358 g/mol. The molecule has 0 aromatic heterocycles. The van der Waals surface area contributed by atoms with E-state index in [1.807, 2.05) is 0 Å². The molecule has 2 aliphatic carbocycles. The molecule has 26 heavy (non-hydrogen) atoms. The number of ether oxygens (including phenoxy) is 1. The van der Waals surface area contributed by atoms with Gasteiger partial charge < -0.3 is 4.74 Å². The number of unbranched alkanes of at least 4 members (excludes halogenated alkanes) is 2. The first-order valence-electron chi connectivity index (χ1n) is 11.0. The van der Waals surface area contributed by atoms with Crippen molar-refractivity contribution in [2.75, 3.05) is 0 Å². The molecule has 1 aliphatic heterocycles. The molecule has 0 aromatic rings. The zero-order chi connectivity index (χ0) is 18.7. The van der Waals surface area contributed by atoms with Gasteiger partial charge in [-0.1, -0.05) is 64.7 Å². The van der Waals surface area contributed by atoms with Gasteiger partial charge in [0, 0.05) is 5.92 Å². The number of allylic oxidation sites excluding steroid dienone is 2. The second kappa shape index (κ2) is 8.42. The van der Waals surface area contributed by atoms with Gasteiger partial charge in [0.05, 0.1) is 6.10 Å². The van der Waals surface area contributed by atoms with Crippen molar-refractivity contribution in [3.8, 4) is 0 Å². The molecule has 4 atom stereocenters. The summed E-state index contributed by atoms with van der Waals surface area (Å²) in [5.74, 6) is 2.00. The molecule has 2 fully saturated rings. The van der Waals surface area contributed by atoms with E-state index >= 15 is 0 Å². The Morgan fingerprint density at radius 2 is 1.96 bits per heavy atom. The highest BCUT2D eigenvalue weighted by molar-refractivity contribution is 5.37. The molecule has 1 saturated heterocycles. The monoisotopic (exact) mass is 357 g/mol. The van der Waals surface area contributed by atoms with Crippen LogP contribution in [0.25, 0.3) is 0 Å². The fraction of sp³-hybridized carbons (Fsp3) is 0.792. The van der Waals surface area contributed by atoms with Gasteiger partial charge in [-0.25, -0.2) is 0 Å². The first kappa shape index (κ1) is 19.9. The lowest BCUT2D eigenvalue weighted by Crippen LogP contribution is -2.47. The molecule has 0 N–H and O–H groups in total. The van der Waals surface area contributed by atoms with Crippen molar-refractivity contribution in [3.05, 3.63) is 23.3 Å². The molecule has 2 heteroatoms. The Morgan fingerprint density at radius 1 is 1.19 bits per heavy atom. The minimum Gasteiger partial charge on any atom is -0.349 e. The normalized spacial score (nSPS) is 31.8. The van der Waals surface area contributed by atoms with Gasteiger partial charge in [0.2, 0.25) is 0 Å². The Labute approximate surface area is 161 Å². The van der Waals surface area contributed by atoms with Crippen molar-refractivity contribution in [1.29, 1.82) is 0 Å². The summed E-state index contributed by atoms with van der Waals surface area (Å²) in [6.45, 7) is 13.3. The van der Waals surface area contributed by atoms with Crippen LogP contribution in [-0.4, -0.2) is 19.0 Å². The molecular weight excluding hydrogens is 318 g/mol. The Hall–Kier alpha value is -0.890. The molecule has 3 aliphatic rings. The van der Waals surface area contributed by atoms with Crippen molar-refractivity contribution in [2.45, 2.75) is 97.8 Å². The van der Waals surface area contributed by atoms with Crippen LogP contribution in [0.2, 0.25) is 0 Å². The van der Waals surface area contributed by atoms with E-state index in [-0.39, 0.29) is 12.3 Å². The Kier molecular flexibility index (Phi) is 6.43. The van der Waals surface area contributed by atoms with Crippen molar-refractivity contribution in [2.24, 2.45) is 28.2 Å². The number of rotatable bonds is 9. The molecule has 0 bridgehead atoms. The van der Waals surface area contributed by atoms with E-state index in [0.717, 1.165) is 12.3 Å². The average Bonchev–Trinajstić information content (AvgIpc) is 3.45. The SMILES string of the molecule is C=N[C@H]1C[C@H](C(C)(C)CCC)C2C(C3CC3)=CC(CCCCC)=CC2O1. The maximum atomic E-state index is 6.44. The molecule has 0 radical (unpaired) electrons. The van der Waals surface area contributed by atoms with Crippen LogP contribution in [0.1, 0.15) is 85.5 Å². The topological polar surface area (TPSA) is 21.6 Å². The maximum Gasteiger partial charge on any atom is 0.148 e. The zero-order valence-corrected chi connectivity index (χ0v) is 17.5. The van der Waals surface area contributed by atoms with Crippen LogP contribution in [0, 0.1) is 23.2 Å². The summed E-state index contributed by atoms with van der Waals surface area (Å²) in [5.41, 5.74) is 3.55. The van der Waals surface area contributed by atoms with E-state index in [2.05, 4.69) is 51.6 Å². The lowest BCUT2D eigenvalue weighted by atomic mass is 9.61. The number of fused-ring (bicyclic) bond motifs is 1. The minimum absolute atomic E-state index is 0.0379. The lowest BCUT2D eigenvalue weighted by Gasteiger charge is -2.49. The van der Waals surface area contributed by atoms with Crippen LogP contribution in [0.15, 0.2) is 28.3 Å². The highest BCUT2D eigenvalue weighted by Gasteiger charge is 2.49. The third kappa shape index (κ3) is 4.32. The molecule has 1 saturated carbocycles. The molecule has 0 aromatic carbocycles. The van der Waals surface area contributed by atoms with Gasteiger partial charge in [-0.3, -0.25) is 4.99 Å². The first-order chi connectivity index (χ1) is 12.5. The van der Waals surface area contributed by atoms with E-state index in [9.17, 15) is 0 Å². The quantitative estimate of drug-likeness (QED) is 0.331. The summed E-state index contributed by atoms with van der Waals surface area (Å²) >= 11 is 0. The smallest absolute Gasteiger partial charge is 0.148 e. The Balaban J connectivity index is 1.88. The van der Waals surface area contributed by atoms with Crippen molar-refractivity contribution < 1.29 is 4.74 Å². The summed E-state index contributed by atoms with van der Waals surface area (Å²) in [6, 6.07) is 0. The second-order valence-electron chi connectivity index (χ2n) is 9.46. The summed E-state index contributed by atoms with van der Waals surface area (Å²) in [7, 11) is 0. The van der Waals surface area contributed by atoms with E-state index in [1.165, 1.54) is 56.9 Å². The number of nitrogens with zero attached hydrogens (tertiary/aromatic N) is 1. The molecular formula is C24H39NO. The van der Waals surface area contributed by atoms with Gasteiger partial charge in [0.25, 0.3) is 0 Å². The molecule has 146 valence electrons. The summed E-state index contributed by atoms with van der Waals surface area (Å²) in [5, 5.41) is 0. The largest absolute Gasteiger partial charge is 0.349 e. The minimum atomic E-state index is -0.0379. The fourth-order valence-electron chi connectivity index (χ4n) is 5.34. The highest BCUT2D eigenvalue weighted by atomic mass is 16.5. The molecule has 0 amide bonds. The molecule has 1 heterocycles. The van der Waals surface area contributed by atoms with E-state index < -0.39 is 0 Å².